The number of nitrogens with zero attached hydrogens (tertiary/aromatic N) is 1. The lowest BCUT2D eigenvalue weighted by molar-refractivity contribution is -0.274. The third-order valence-corrected chi connectivity index (χ3v) is 3.99. The SMILES string of the molecule is N[C@@H]1CCCC[C@H]1Nc1ncc(-c2cccc(OC(F)(F)F)c2)o1. The minimum absolute atomic E-state index is 0.0395. The fourth-order valence-corrected chi connectivity index (χ4v) is 2.82. The van der Waals surface area contributed by atoms with Crippen molar-refractivity contribution in [3.05, 3.63) is 30.5 Å². The number of alkyl halides is 3. The van der Waals surface area contributed by atoms with Crippen LogP contribution in [0.5, 0.6) is 5.75 Å². The number of halogens is 3. The van der Waals surface area contributed by atoms with Crippen molar-refractivity contribution in [2.24, 2.45) is 5.73 Å². The van der Waals surface area contributed by atoms with E-state index in [-0.39, 0.29) is 17.8 Å². The van der Waals surface area contributed by atoms with Gasteiger partial charge in [0.1, 0.15) is 5.75 Å². The van der Waals surface area contributed by atoms with Crippen molar-refractivity contribution in [1.82, 2.24) is 4.98 Å². The first-order valence-electron chi connectivity index (χ1n) is 7.75. The molecule has 0 amide bonds. The summed E-state index contributed by atoms with van der Waals surface area (Å²) in [6, 6.07) is 6.01. The zero-order valence-electron chi connectivity index (χ0n) is 12.8. The molecule has 3 rings (SSSR count). The maximum atomic E-state index is 12.3. The van der Waals surface area contributed by atoms with Gasteiger partial charge in [0.15, 0.2) is 5.76 Å². The fraction of sp³-hybridized carbons (Fsp3) is 0.438. The number of hydrogen-bond acceptors (Lipinski definition) is 5. The third kappa shape index (κ3) is 4.19. The molecule has 0 unspecified atom stereocenters. The first kappa shape index (κ1) is 16.6. The molecule has 1 fully saturated rings. The van der Waals surface area contributed by atoms with Gasteiger partial charge in [0, 0.05) is 17.6 Å². The van der Waals surface area contributed by atoms with E-state index >= 15 is 0 Å². The quantitative estimate of drug-likeness (QED) is 0.882. The first-order chi connectivity index (χ1) is 11.4. The van der Waals surface area contributed by atoms with Gasteiger partial charge in [-0.3, -0.25) is 0 Å². The van der Waals surface area contributed by atoms with Gasteiger partial charge in [-0.05, 0) is 25.0 Å². The summed E-state index contributed by atoms with van der Waals surface area (Å²) in [6.45, 7) is 0. The molecule has 0 aliphatic heterocycles. The predicted molar refractivity (Wildman–Crippen MR) is 82.5 cm³/mol. The van der Waals surface area contributed by atoms with E-state index < -0.39 is 6.36 Å². The topological polar surface area (TPSA) is 73.3 Å². The first-order valence-corrected chi connectivity index (χ1v) is 7.75. The summed E-state index contributed by atoms with van der Waals surface area (Å²) >= 11 is 0. The Balaban J connectivity index is 1.72. The van der Waals surface area contributed by atoms with Crippen molar-refractivity contribution in [2.75, 3.05) is 5.32 Å². The Bertz CT molecular complexity index is 687. The van der Waals surface area contributed by atoms with E-state index in [4.69, 9.17) is 10.2 Å². The summed E-state index contributed by atoms with van der Waals surface area (Å²) in [4.78, 5) is 4.13. The molecule has 130 valence electrons. The van der Waals surface area contributed by atoms with Crippen molar-refractivity contribution in [2.45, 2.75) is 44.1 Å². The second-order valence-corrected chi connectivity index (χ2v) is 5.80. The lowest BCUT2D eigenvalue weighted by atomic mass is 9.91. The van der Waals surface area contributed by atoms with Crippen LogP contribution in [-0.4, -0.2) is 23.4 Å². The Kier molecular flexibility index (Phi) is 4.66. The van der Waals surface area contributed by atoms with E-state index in [1.165, 1.54) is 24.4 Å². The smallest absolute Gasteiger partial charge is 0.424 e. The highest BCUT2D eigenvalue weighted by molar-refractivity contribution is 5.59. The molecule has 0 radical (unpaired) electrons. The Labute approximate surface area is 137 Å². The summed E-state index contributed by atoms with van der Waals surface area (Å²) in [5, 5.41) is 3.16. The van der Waals surface area contributed by atoms with Gasteiger partial charge in [0.05, 0.1) is 6.20 Å². The van der Waals surface area contributed by atoms with Crippen LogP contribution in [0.25, 0.3) is 11.3 Å². The number of oxazole rings is 1. The molecule has 1 aromatic heterocycles. The summed E-state index contributed by atoms with van der Waals surface area (Å²) in [6.07, 6.45) is 0.820. The number of nitrogens with two attached hydrogens (primary N) is 1. The lowest BCUT2D eigenvalue weighted by Crippen LogP contribution is -2.42. The number of anilines is 1. The van der Waals surface area contributed by atoms with Crippen molar-refractivity contribution in [3.63, 3.8) is 0 Å². The number of rotatable bonds is 4. The monoisotopic (exact) mass is 341 g/mol. The molecule has 1 aliphatic carbocycles. The molecule has 2 atom stereocenters. The van der Waals surface area contributed by atoms with Gasteiger partial charge in [-0.25, -0.2) is 4.98 Å². The van der Waals surface area contributed by atoms with Crippen molar-refractivity contribution in [3.8, 4) is 17.1 Å². The third-order valence-electron chi connectivity index (χ3n) is 3.99. The van der Waals surface area contributed by atoms with Crippen LogP contribution in [0.15, 0.2) is 34.9 Å². The van der Waals surface area contributed by atoms with Crippen molar-refractivity contribution >= 4 is 6.01 Å². The zero-order chi connectivity index (χ0) is 17.2. The maximum Gasteiger partial charge on any atom is 0.573 e. The van der Waals surface area contributed by atoms with Crippen LogP contribution in [0.4, 0.5) is 19.2 Å². The molecule has 8 heteroatoms. The van der Waals surface area contributed by atoms with Gasteiger partial charge in [-0.2, -0.15) is 0 Å². The van der Waals surface area contributed by atoms with E-state index in [9.17, 15) is 13.2 Å². The molecule has 0 bridgehead atoms. The Hall–Kier alpha value is -2.22. The average Bonchev–Trinajstić information content (AvgIpc) is 2.97. The van der Waals surface area contributed by atoms with Crippen LogP contribution in [0, 0.1) is 0 Å². The number of hydrogen-bond donors (Lipinski definition) is 2. The molecule has 1 heterocycles. The van der Waals surface area contributed by atoms with Crippen molar-refractivity contribution < 1.29 is 22.3 Å². The highest BCUT2D eigenvalue weighted by Gasteiger charge is 2.31. The molecule has 1 aromatic carbocycles. The van der Waals surface area contributed by atoms with Crippen LogP contribution in [0.2, 0.25) is 0 Å². The zero-order valence-corrected chi connectivity index (χ0v) is 12.8. The highest BCUT2D eigenvalue weighted by Crippen LogP contribution is 2.30. The predicted octanol–water partition coefficient (Wildman–Crippen LogP) is 3.92. The van der Waals surface area contributed by atoms with Crippen LogP contribution >= 0.6 is 0 Å². The van der Waals surface area contributed by atoms with Crippen LogP contribution < -0.4 is 15.8 Å². The molecule has 2 aromatic rings. The van der Waals surface area contributed by atoms with Gasteiger partial charge in [-0.15, -0.1) is 13.2 Å². The van der Waals surface area contributed by atoms with Gasteiger partial charge in [0.25, 0.3) is 6.01 Å². The Morgan fingerprint density at radius 3 is 2.79 bits per heavy atom. The molecule has 5 nitrogen and oxygen atoms in total. The largest absolute Gasteiger partial charge is 0.573 e. The van der Waals surface area contributed by atoms with Gasteiger partial charge in [-0.1, -0.05) is 25.0 Å². The molecular formula is C16H18F3N3O2. The standard InChI is InChI=1S/C16H18F3N3O2/c17-16(18,19)24-11-5-3-4-10(8-11)14-9-21-15(23-14)22-13-7-2-1-6-12(13)20/h3-5,8-9,12-13H,1-2,6-7,20H2,(H,21,22)/t12-,13-/m1/s1. The second kappa shape index (κ2) is 6.72. The van der Waals surface area contributed by atoms with E-state index in [0.29, 0.717) is 17.3 Å². The summed E-state index contributed by atoms with van der Waals surface area (Å²) in [5.41, 5.74) is 6.52. The summed E-state index contributed by atoms with van der Waals surface area (Å²) in [5.74, 6) is 0.0507. The van der Waals surface area contributed by atoms with Crippen LogP contribution in [0.1, 0.15) is 25.7 Å². The van der Waals surface area contributed by atoms with E-state index in [1.54, 1.807) is 6.07 Å². The molecule has 1 aliphatic rings. The number of benzene rings is 1. The number of aromatic nitrogens is 1. The number of ether oxygens (including phenoxy) is 1. The second-order valence-electron chi connectivity index (χ2n) is 5.80. The molecule has 1 saturated carbocycles. The average molecular weight is 341 g/mol. The van der Waals surface area contributed by atoms with E-state index in [2.05, 4.69) is 15.0 Å². The fourth-order valence-electron chi connectivity index (χ4n) is 2.82. The maximum absolute atomic E-state index is 12.3. The van der Waals surface area contributed by atoms with E-state index in [1.807, 2.05) is 0 Å². The van der Waals surface area contributed by atoms with Gasteiger partial charge < -0.3 is 20.2 Å². The Morgan fingerprint density at radius 1 is 1.25 bits per heavy atom. The Morgan fingerprint density at radius 2 is 2.04 bits per heavy atom. The minimum atomic E-state index is -4.73. The van der Waals surface area contributed by atoms with Gasteiger partial charge in [0.2, 0.25) is 0 Å². The normalized spacial score (nSPS) is 21.5. The minimum Gasteiger partial charge on any atom is -0.424 e. The molecular weight excluding hydrogens is 323 g/mol. The van der Waals surface area contributed by atoms with Crippen LogP contribution in [-0.2, 0) is 0 Å². The lowest BCUT2D eigenvalue weighted by Gasteiger charge is -2.28. The number of nitrogens with one attached hydrogen (secondary N) is 1. The highest BCUT2D eigenvalue weighted by atomic mass is 19.4. The van der Waals surface area contributed by atoms with E-state index in [0.717, 1.165) is 25.7 Å². The van der Waals surface area contributed by atoms with Crippen LogP contribution in [0.3, 0.4) is 0 Å². The molecule has 3 N–H and O–H groups in total. The summed E-state index contributed by atoms with van der Waals surface area (Å²) in [7, 11) is 0. The van der Waals surface area contributed by atoms with Crippen molar-refractivity contribution in [1.29, 1.82) is 0 Å². The molecule has 24 heavy (non-hydrogen) atoms. The van der Waals surface area contributed by atoms with Gasteiger partial charge >= 0.3 is 6.36 Å². The summed E-state index contributed by atoms with van der Waals surface area (Å²) < 4.78 is 46.4. The molecule has 0 spiro atoms. The molecule has 0 saturated heterocycles.